The molecule has 2 aliphatic rings. The van der Waals surface area contributed by atoms with Gasteiger partial charge in [-0.2, -0.15) is 0 Å². The molecule has 2 aliphatic heterocycles. The summed E-state index contributed by atoms with van der Waals surface area (Å²) >= 11 is 0. The lowest BCUT2D eigenvalue weighted by Gasteiger charge is -2.49. The fourth-order valence-corrected chi connectivity index (χ4v) is 5.81. The molecule has 1 aromatic carbocycles. The molecule has 158 valence electrons. The van der Waals surface area contributed by atoms with Crippen molar-refractivity contribution in [1.82, 2.24) is 5.32 Å². The number of aromatic hydroxyl groups is 1. The molecule has 2 heterocycles. The Morgan fingerprint density at radius 1 is 1.04 bits per heavy atom. The fourth-order valence-electron chi connectivity index (χ4n) is 5.81. The van der Waals surface area contributed by atoms with Crippen molar-refractivity contribution >= 4 is 0 Å². The first-order valence-electron chi connectivity index (χ1n) is 10.8. The third-order valence-electron chi connectivity index (χ3n) is 7.09. The summed E-state index contributed by atoms with van der Waals surface area (Å²) in [5.74, 6) is 1.87. The van der Waals surface area contributed by atoms with Gasteiger partial charge in [0.25, 0.3) is 0 Å². The molecule has 2 atom stereocenters. The van der Waals surface area contributed by atoms with Gasteiger partial charge in [0.1, 0.15) is 17.1 Å². The normalized spacial score (nSPS) is 27.8. The van der Waals surface area contributed by atoms with Gasteiger partial charge in [-0.3, -0.25) is 0 Å². The molecule has 4 nitrogen and oxygen atoms in total. The first-order valence-corrected chi connectivity index (χ1v) is 10.8. The summed E-state index contributed by atoms with van der Waals surface area (Å²) < 4.78 is 6.63. The van der Waals surface area contributed by atoms with Gasteiger partial charge in [0.05, 0.1) is 0 Å². The van der Waals surface area contributed by atoms with Gasteiger partial charge in [-0.15, -0.1) is 0 Å². The predicted molar refractivity (Wildman–Crippen MR) is 116 cm³/mol. The topological polar surface area (TPSA) is 67.5 Å². The van der Waals surface area contributed by atoms with Crippen LogP contribution < -0.4 is 15.8 Å². The highest BCUT2D eigenvalue weighted by atomic mass is 16.5. The van der Waals surface area contributed by atoms with Gasteiger partial charge < -0.3 is 20.9 Å². The van der Waals surface area contributed by atoms with Crippen LogP contribution in [-0.4, -0.2) is 27.8 Å². The molecule has 0 radical (unpaired) electrons. The van der Waals surface area contributed by atoms with E-state index in [9.17, 15) is 5.11 Å². The van der Waals surface area contributed by atoms with Crippen molar-refractivity contribution < 1.29 is 9.84 Å². The lowest BCUT2D eigenvalue weighted by Crippen LogP contribution is -2.60. The second kappa shape index (κ2) is 6.91. The number of piperidine rings is 1. The number of nitrogens with one attached hydrogen (secondary N) is 1. The summed E-state index contributed by atoms with van der Waals surface area (Å²) in [5, 5.41) is 14.2. The van der Waals surface area contributed by atoms with Gasteiger partial charge in [0.2, 0.25) is 0 Å². The highest BCUT2D eigenvalue weighted by Gasteiger charge is 2.43. The Balaban J connectivity index is 1.80. The summed E-state index contributed by atoms with van der Waals surface area (Å²) in [7, 11) is 0. The van der Waals surface area contributed by atoms with Crippen molar-refractivity contribution in [3.63, 3.8) is 0 Å². The molecule has 0 amide bonds. The minimum absolute atomic E-state index is 0.104. The lowest BCUT2D eigenvalue weighted by atomic mass is 9.71. The zero-order valence-corrected chi connectivity index (χ0v) is 19.1. The summed E-state index contributed by atoms with van der Waals surface area (Å²) in [5.41, 5.74) is 10.9. The Kier molecular flexibility index (Phi) is 5.30. The molecule has 2 unspecified atom stereocenters. The maximum Gasteiger partial charge on any atom is 0.127 e. The van der Waals surface area contributed by atoms with Crippen LogP contribution in [0.1, 0.15) is 82.6 Å². The summed E-state index contributed by atoms with van der Waals surface area (Å²) in [4.78, 5) is 0. The third kappa shape index (κ3) is 4.04. The molecular formula is C24H40N2O2. The summed E-state index contributed by atoms with van der Waals surface area (Å²) in [6.07, 6.45) is 4.92. The van der Waals surface area contributed by atoms with Gasteiger partial charge in [0.15, 0.2) is 0 Å². The van der Waals surface area contributed by atoms with E-state index >= 15 is 0 Å². The summed E-state index contributed by atoms with van der Waals surface area (Å²) in [6, 6.07) is 0.117. The monoisotopic (exact) mass is 388 g/mol. The van der Waals surface area contributed by atoms with Gasteiger partial charge in [0, 0.05) is 29.1 Å². The lowest BCUT2D eigenvalue weighted by molar-refractivity contribution is 0.0284. The van der Waals surface area contributed by atoms with E-state index in [1.807, 2.05) is 13.8 Å². The predicted octanol–water partition coefficient (Wildman–Crippen LogP) is 4.68. The Morgan fingerprint density at radius 3 is 2.18 bits per heavy atom. The van der Waals surface area contributed by atoms with Crippen LogP contribution in [0.3, 0.4) is 0 Å². The van der Waals surface area contributed by atoms with E-state index in [0.717, 1.165) is 60.1 Å². The van der Waals surface area contributed by atoms with Gasteiger partial charge in [-0.1, -0.05) is 0 Å². The number of fused-ring (bicyclic) bond motifs is 1. The number of hydrogen-bond donors (Lipinski definition) is 3. The van der Waals surface area contributed by atoms with Crippen LogP contribution in [0.25, 0.3) is 0 Å². The zero-order valence-electron chi connectivity index (χ0n) is 19.1. The van der Waals surface area contributed by atoms with Crippen molar-refractivity contribution in [1.29, 1.82) is 0 Å². The van der Waals surface area contributed by atoms with Gasteiger partial charge in [-0.05, 0) is 104 Å². The molecule has 1 aromatic rings. The van der Waals surface area contributed by atoms with Crippen molar-refractivity contribution in [3.05, 3.63) is 22.3 Å². The van der Waals surface area contributed by atoms with Crippen molar-refractivity contribution in [3.8, 4) is 11.5 Å². The van der Waals surface area contributed by atoms with Crippen LogP contribution in [0.5, 0.6) is 11.5 Å². The van der Waals surface area contributed by atoms with Crippen LogP contribution in [-0.2, 0) is 6.42 Å². The van der Waals surface area contributed by atoms with Crippen LogP contribution in [0.2, 0.25) is 0 Å². The van der Waals surface area contributed by atoms with E-state index in [0.29, 0.717) is 11.7 Å². The zero-order chi connectivity index (χ0) is 21.1. The van der Waals surface area contributed by atoms with Gasteiger partial charge in [-0.25, -0.2) is 0 Å². The number of hydrogen-bond acceptors (Lipinski definition) is 4. The van der Waals surface area contributed by atoms with Crippen LogP contribution in [0.15, 0.2) is 0 Å². The average Bonchev–Trinajstić information content (AvgIpc) is 2.55. The summed E-state index contributed by atoms with van der Waals surface area (Å²) in [6.45, 7) is 17.4. The van der Waals surface area contributed by atoms with Crippen LogP contribution >= 0.6 is 0 Å². The van der Waals surface area contributed by atoms with Crippen LogP contribution in [0.4, 0.5) is 0 Å². The Morgan fingerprint density at radius 2 is 1.61 bits per heavy atom. The van der Waals surface area contributed by atoms with E-state index in [4.69, 9.17) is 10.5 Å². The van der Waals surface area contributed by atoms with E-state index in [1.165, 1.54) is 0 Å². The first kappa shape index (κ1) is 21.4. The number of ether oxygens (including phenoxy) is 1. The van der Waals surface area contributed by atoms with Crippen molar-refractivity contribution in [2.45, 2.75) is 110 Å². The van der Waals surface area contributed by atoms with Crippen LogP contribution in [0, 0.1) is 26.7 Å². The van der Waals surface area contributed by atoms with Gasteiger partial charge >= 0.3 is 0 Å². The first-order chi connectivity index (χ1) is 12.7. The number of phenols is 1. The molecule has 1 fully saturated rings. The number of benzene rings is 1. The minimum atomic E-state index is -0.258. The maximum absolute atomic E-state index is 10.4. The fraction of sp³-hybridized carbons (Fsp3) is 0.750. The SMILES string of the molecule is Cc1c(C)c2c(c(C)c1O)CCC(C)(CC(N)C1CC(C)(C)NC(C)(C)C1)O2. The smallest absolute Gasteiger partial charge is 0.127 e. The molecule has 4 heteroatoms. The molecule has 3 rings (SSSR count). The highest BCUT2D eigenvalue weighted by Crippen LogP contribution is 2.45. The standard InChI is InChI=1S/C24H40N2O2/c1-14-15(2)21-18(16(3)20(14)27)9-10-24(8,28-21)13-19(25)17-11-22(4,5)26-23(6,7)12-17/h17,19,26-27H,9-13,25H2,1-8H3. The molecule has 0 saturated carbocycles. The molecule has 28 heavy (non-hydrogen) atoms. The quantitative estimate of drug-likeness (QED) is 0.703. The molecule has 0 spiro atoms. The number of phenolic OH excluding ortho intramolecular Hbond substituents is 1. The number of nitrogens with two attached hydrogens (primary N) is 1. The maximum atomic E-state index is 10.4. The van der Waals surface area contributed by atoms with Crippen molar-refractivity contribution in [2.24, 2.45) is 11.7 Å². The second-order valence-electron chi connectivity index (χ2n) is 11.0. The highest BCUT2D eigenvalue weighted by molar-refractivity contribution is 5.58. The molecule has 1 saturated heterocycles. The minimum Gasteiger partial charge on any atom is -0.507 e. The molecule has 0 bridgehead atoms. The van der Waals surface area contributed by atoms with E-state index in [2.05, 4.69) is 46.9 Å². The Bertz CT molecular complexity index is 753. The Hall–Kier alpha value is -1.26. The molecule has 4 N–H and O–H groups in total. The van der Waals surface area contributed by atoms with E-state index in [1.54, 1.807) is 0 Å². The van der Waals surface area contributed by atoms with E-state index in [-0.39, 0.29) is 22.7 Å². The molecule has 0 aromatic heterocycles. The molecular weight excluding hydrogens is 348 g/mol. The second-order valence-corrected chi connectivity index (χ2v) is 11.0. The number of rotatable bonds is 3. The van der Waals surface area contributed by atoms with E-state index < -0.39 is 0 Å². The van der Waals surface area contributed by atoms with Crippen molar-refractivity contribution in [2.75, 3.05) is 0 Å². The average molecular weight is 389 g/mol. The molecule has 0 aliphatic carbocycles. The largest absolute Gasteiger partial charge is 0.507 e. The Labute approximate surface area is 171 Å². The third-order valence-corrected chi connectivity index (χ3v) is 7.09.